The largest absolute Gasteiger partial charge is 0.497 e. The van der Waals surface area contributed by atoms with Gasteiger partial charge in [-0.1, -0.05) is 30.3 Å². The van der Waals surface area contributed by atoms with Crippen LogP contribution in [0, 0.1) is 0 Å². The number of methoxy groups -OCH3 is 1. The van der Waals surface area contributed by atoms with Crippen LogP contribution in [0.3, 0.4) is 0 Å². The number of pyridine rings is 1. The lowest BCUT2D eigenvalue weighted by molar-refractivity contribution is 0.414. The topological polar surface area (TPSA) is 86.1 Å². The van der Waals surface area contributed by atoms with E-state index in [4.69, 9.17) is 4.74 Å². The van der Waals surface area contributed by atoms with E-state index in [1.165, 1.54) is 19.2 Å². The van der Waals surface area contributed by atoms with E-state index in [2.05, 4.69) is 14.7 Å². The lowest BCUT2D eigenvalue weighted by atomic mass is 10.2. The molecule has 4 aromatic rings. The third-order valence-corrected chi connectivity index (χ3v) is 5.97. The van der Waals surface area contributed by atoms with Gasteiger partial charge in [0.25, 0.3) is 0 Å². The highest BCUT2D eigenvalue weighted by Gasteiger charge is 2.17. The van der Waals surface area contributed by atoms with Crippen molar-refractivity contribution in [2.75, 3.05) is 7.11 Å². The van der Waals surface area contributed by atoms with Crippen molar-refractivity contribution in [2.24, 2.45) is 0 Å². The fraction of sp³-hybridized carbons (Fsp3) is 0.143. The van der Waals surface area contributed by atoms with Crippen molar-refractivity contribution in [3.8, 4) is 5.75 Å². The van der Waals surface area contributed by atoms with Gasteiger partial charge in [0.1, 0.15) is 17.1 Å². The van der Waals surface area contributed by atoms with Crippen molar-refractivity contribution in [1.82, 2.24) is 19.3 Å². The number of sulfonamides is 1. The van der Waals surface area contributed by atoms with Crippen LogP contribution in [0.15, 0.2) is 77.8 Å². The number of imidazole rings is 1. The molecule has 0 spiro atoms. The standard InChI is InChI=1S/C21H20N4O3S/c1-28-17-9-11-18(12-10-17)29(26,27)23-14-20-24-19-8-5-13-22-21(19)25(20)15-16-6-3-2-4-7-16/h2-13,23H,14-15H2,1H3. The van der Waals surface area contributed by atoms with Crippen LogP contribution < -0.4 is 9.46 Å². The van der Waals surface area contributed by atoms with Crippen molar-refractivity contribution < 1.29 is 13.2 Å². The smallest absolute Gasteiger partial charge is 0.240 e. The Bertz CT molecular complexity index is 1220. The van der Waals surface area contributed by atoms with Crippen LogP contribution in [-0.4, -0.2) is 30.1 Å². The second-order valence-electron chi connectivity index (χ2n) is 6.45. The van der Waals surface area contributed by atoms with Gasteiger partial charge in [-0.25, -0.2) is 23.1 Å². The summed E-state index contributed by atoms with van der Waals surface area (Å²) in [7, 11) is -2.16. The van der Waals surface area contributed by atoms with E-state index in [9.17, 15) is 8.42 Å². The Morgan fingerprint density at radius 2 is 1.76 bits per heavy atom. The summed E-state index contributed by atoms with van der Waals surface area (Å²) in [6, 6.07) is 19.8. The third-order valence-electron chi connectivity index (χ3n) is 4.56. The number of aromatic nitrogens is 3. The summed E-state index contributed by atoms with van der Waals surface area (Å²) in [5.41, 5.74) is 2.52. The molecule has 1 N–H and O–H groups in total. The van der Waals surface area contributed by atoms with Crippen molar-refractivity contribution in [3.05, 3.63) is 84.3 Å². The zero-order chi connectivity index (χ0) is 20.3. The van der Waals surface area contributed by atoms with E-state index >= 15 is 0 Å². The molecule has 2 aromatic carbocycles. The quantitative estimate of drug-likeness (QED) is 0.508. The molecule has 2 heterocycles. The monoisotopic (exact) mass is 408 g/mol. The molecule has 0 saturated carbocycles. The predicted molar refractivity (Wildman–Crippen MR) is 110 cm³/mol. The Morgan fingerprint density at radius 3 is 2.48 bits per heavy atom. The maximum absolute atomic E-state index is 12.7. The third kappa shape index (κ3) is 4.13. The summed E-state index contributed by atoms with van der Waals surface area (Å²) in [6.07, 6.45) is 1.71. The Balaban J connectivity index is 1.62. The highest BCUT2D eigenvalue weighted by atomic mass is 32.2. The first-order valence-electron chi connectivity index (χ1n) is 9.04. The first-order valence-corrected chi connectivity index (χ1v) is 10.5. The van der Waals surface area contributed by atoms with Gasteiger partial charge >= 0.3 is 0 Å². The molecule has 0 amide bonds. The van der Waals surface area contributed by atoms with E-state index in [-0.39, 0.29) is 11.4 Å². The Labute approximate surface area is 169 Å². The van der Waals surface area contributed by atoms with Crippen LogP contribution in [-0.2, 0) is 23.1 Å². The van der Waals surface area contributed by atoms with Crippen molar-refractivity contribution in [3.63, 3.8) is 0 Å². The molecule has 0 bridgehead atoms. The number of nitrogens with zero attached hydrogens (tertiary/aromatic N) is 3. The molecule has 0 aliphatic heterocycles. The average Bonchev–Trinajstić information content (AvgIpc) is 3.11. The van der Waals surface area contributed by atoms with Crippen molar-refractivity contribution in [2.45, 2.75) is 18.0 Å². The molecule has 0 aliphatic carbocycles. The number of benzene rings is 2. The average molecular weight is 408 g/mol. The molecule has 2 aromatic heterocycles. The number of rotatable bonds is 7. The molecule has 0 atom stereocenters. The van der Waals surface area contributed by atoms with Gasteiger partial charge in [0.05, 0.1) is 25.1 Å². The van der Waals surface area contributed by atoms with Crippen LogP contribution in [0.25, 0.3) is 11.2 Å². The fourth-order valence-corrected chi connectivity index (χ4v) is 4.05. The maximum Gasteiger partial charge on any atom is 0.240 e. The number of nitrogens with one attached hydrogen (secondary N) is 1. The molecule has 148 valence electrons. The first kappa shape index (κ1) is 19.1. The Kier molecular flexibility index (Phi) is 5.28. The zero-order valence-corrected chi connectivity index (χ0v) is 16.6. The van der Waals surface area contributed by atoms with E-state index in [1.54, 1.807) is 18.3 Å². The molecule has 0 radical (unpaired) electrons. The summed E-state index contributed by atoms with van der Waals surface area (Å²) in [6.45, 7) is 0.603. The highest BCUT2D eigenvalue weighted by molar-refractivity contribution is 7.89. The Hall–Kier alpha value is -3.23. The maximum atomic E-state index is 12.7. The van der Waals surface area contributed by atoms with Crippen molar-refractivity contribution in [1.29, 1.82) is 0 Å². The molecule has 29 heavy (non-hydrogen) atoms. The van der Waals surface area contributed by atoms with Gasteiger partial charge in [-0.15, -0.1) is 0 Å². The molecule has 4 rings (SSSR count). The molecule has 7 nitrogen and oxygen atoms in total. The number of fused-ring (bicyclic) bond motifs is 1. The van der Waals surface area contributed by atoms with E-state index in [0.29, 0.717) is 18.1 Å². The second kappa shape index (κ2) is 8.02. The number of hydrogen-bond donors (Lipinski definition) is 1. The fourth-order valence-electron chi connectivity index (χ4n) is 3.07. The molecule has 0 unspecified atom stereocenters. The minimum atomic E-state index is -3.69. The van der Waals surface area contributed by atoms with Gasteiger partial charge in [-0.3, -0.25) is 0 Å². The predicted octanol–water partition coefficient (Wildman–Crippen LogP) is 2.97. The SMILES string of the molecule is COc1ccc(S(=O)(=O)NCc2nc3cccnc3n2Cc2ccccc2)cc1. The number of hydrogen-bond acceptors (Lipinski definition) is 5. The lowest BCUT2D eigenvalue weighted by Crippen LogP contribution is -2.25. The van der Waals surface area contributed by atoms with Gasteiger partial charge in [0, 0.05) is 6.20 Å². The normalized spacial score (nSPS) is 11.6. The van der Waals surface area contributed by atoms with E-state index in [1.807, 2.05) is 47.0 Å². The molecule has 0 aliphatic rings. The van der Waals surface area contributed by atoms with E-state index < -0.39 is 10.0 Å². The van der Waals surface area contributed by atoms with Crippen LogP contribution >= 0.6 is 0 Å². The summed E-state index contributed by atoms with van der Waals surface area (Å²) in [5, 5.41) is 0. The summed E-state index contributed by atoms with van der Waals surface area (Å²) >= 11 is 0. The summed E-state index contributed by atoms with van der Waals surface area (Å²) in [5.74, 6) is 1.19. The first-order chi connectivity index (χ1) is 14.1. The van der Waals surface area contributed by atoms with Crippen LogP contribution in [0.4, 0.5) is 0 Å². The minimum absolute atomic E-state index is 0.0531. The van der Waals surface area contributed by atoms with Crippen molar-refractivity contribution >= 4 is 21.2 Å². The molecule has 0 saturated heterocycles. The van der Waals surface area contributed by atoms with Crippen LogP contribution in [0.5, 0.6) is 5.75 Å². The van der Waals surface area contributed by atoms with Gasteiger partial charge in [0.15, 0.2) is 5.65 Å². The zero-order valence-electron chi connectivity index (χ0n) is 15.8. The van der Waals surface area contributed by atoms with Gasteiger partial charge in [-0.05, 0) is 42.0 Å². The van der Waals surface area contributed by atoms with Gasteiger partial charge in [0.2, 0.25) is 10.0 Å². The molecular formula is C21H20N4O3S. The summed E-state index contributed by atoms with van der Waals surface area (Å²) in [4.78, 5) is 9.18. The van der Waals surface area contributed by atoms with E-state index in [0.717, 1.165) is 16.7 Å². The molecule has 0 fully saturated rings. The molecule has 8 heteroatoms. The highest BCUT2D eigenvalue weighted by Crippen LogP contribution is 2.18. The van der Waals surface area contributed by atoms with Gasteiger partial charge < -0.3 is 9.30 Å². The van der Waals surface area contributed by atoms with Crippen LogP contribution in [0.2, 0.25) is 0 Å². The van der Waals surface area contributed by atoms with Crippen LogP contribution in [0.1, 0.15) is 11.4 Å². The van der Waals surface area contributed by atoms with Gasteiger partial charge in [-0.2, -0.15) is 0 Å². The lowest BCUT2D eigenvalue weighted by Gasteiger charge is -2.11. The second-order valence-corrected chi connectivity index (χ2v) is 8.21. The summed E-state index contributed by atoms with van der Waals surface area (Å²) < 4.78 is 35.0. The minimum Gasteiger partial charge on any atom is -0.497 e. The Morgan fingerprint density at radius 1 is 1.00 bits per heavy atom. The number of ether oxygens (including phenoxy) is 1. The molecular weight excluding hydrogens is 388 g/mol.